The Morgan fingerprint density at radius 1 is 1.26 bits per heavy atom. The molecular formula is C13H26N2O4. The van der Waals surface area contributed by atoms with Crippen molar-refractivity contribution >= 4 is 12.0 Å². The van der Waals surface area contributed by atoms with E-state index in [1.165, 1.54) is 4.90 Å². The highest BCUT2D eigenvalue weighted by molar-refractivity contribution is 5.73. The van der Waals surface area contributed by atoms with Crippen molar-refractivity contribution in [1.82, 2.24) is 10.2 Å². The molecule has 0 rings (SSSR count). The third kappa shape index (κ3) is 9.30. The Morgan fingerprint density at radius 3 is 2.47 bits per heavy atom. The second kappa shape index (κ2) is 10.6. The van der Waals surface area contributed by atoms with E-state index in [1.54, 1.807) is 7.05 Å². The number of aliphatic hydroxyl groups is 1. The summed E-state index contributed by atoms with van der Waals surface area (Å²) in [5.41, 5.74) is 0. The topological polar surface area (TPSA) is 89.9 Å². The third-order valence-corrected chi connectivity index (χ3v) is 3.07. The number of carbonyl (C=O) groups excluding carboxylic acids is 1. The largest absolute Gasteiger partial charge is 0.481 e. The molecule has 2 amide bonds. The van der Waals surface area contributed by atoms with Crippen LogP contribution >= 0.6 is 0 Å². The molecule has 19 heavy (non-hydrogen) atoms. The van der Waals surface area contributed by atoms with Gasteiger partial charge in [-0.05, 0) is 18.8 Å². The van der Waals surface area contributed by atoms with Crippen LogP contribution in [0.15, 0.2) is 0 Å². The minimum absolute atomic E-state index is 0.0546. The second-order valence-electron chi connectivity index (χ2n) is 4.75. The molecule has 0 fully saturated rings. The molecule has 0 aromatic rings. The van der Waals surface area contributed by atoms with E-state index >= 15 is 0 Å². The van der Waals surface area contributed by atoms with Crippen LogP contribution in [0.1, 0.15) is 39.0 Å². The number of carboxylic acid groups (broad SMARTS) is 1. The highest BCUT2D eigenvalue weighted by Crippen LogP contribution is 2.17. The number of carboxylic acids is 1. The number of hydrogen-bond acceptors (Lipinski definition) is 3. The molecule has 0 saturated heterocycles. The average molecular weight is 274 g/mol. The van der Waals surface area contributed by atoms with Gasteiger partial charge >= 0.3 is 12.0 Å². The van der Waals surface area contributed by atoms with E-state index in [0.29, 0.717) is 25.4 Å². The third-order valence-electron chi connectivity index (χ3n) is 3.07. The molecule has 0 heterocycles. The van der Waals surface area contributed by atoms with Gasteiger partial charge in [-0.15, -0.1) is 0 Å². The number of nitrogens with one attached hydrogen (secondary N) is 1. The van der Waals surface area contributed by atoms with Crippen LogP contribution < -0.4 is 5.32 Å². The van der Waals surface area contributed by atoms with Crippen molar-refractivity contribution < 1.29 is 19.8 Å². The van der Waals surface area contributed by atoms with Gasteiger partial charge in [0.1, 0.15) is 0 Å². The molecule has 0 aromatic heterocycles. The number of aliphatic hydroxyl groups excluding tert-OH is 1. The second-order valence-corrected chi connectivity index (χ2v) is 4.75. The first-order valence-electron chi connectivity index (χ1n) is 6.82. The van der Waals surface area contributed by atoms with Gasteiger partial charge in [0, 0.05) is 26.6 Å². The highest BCUT2D eigenvalue weighted by atomic mass is 16.4. The van der Waals surface area contributed by atoms with Crippen molar-refractivity contribution in [3.05, 3.63) is 0 Å². The normalized spacial score (nSPS) is 11.9. The Morgan fingerprint density at radius 2 is 1.95 bits per heavy atom. The lowest BCUT2D eigenvalue weighted by molar-refractivity contribution is -0.137. The fourth-order valence-corrected chi connectivity index (χ4v) is 1.94. The van der Waals surface area contributed by atoms with Crippen LogP contribution in [0.2, 0.25) is 0 Å². The van der Waals surface area contributed by atoms with Crippen LogP contribution in [0.5, 0.6) is 0 Å². The molecule has 0 bridgehead atoms. The Labute approximate surface area is 114 Å². The van der Waals surface area contributed by atoms with Crippen LogP contribution in [-0.4, -0.2) is 53.9 Å². The Kier molecular flexibility index (Phi) is 9.88. The van der Waals surface area contributed by atoms with Crippen LogP contribution in [0, 0.1) is 5.92 Å². The van der Waals surface area contributed by atoms with Crippen LogP contribution in [0.4, 0.5) is 4.79 Å². The summed E-state index contributed by atoms with van der Waals surface area (Å²) >= 11 is 0. The van der Waals surface area contributed by atoms with Gasteiger partial charge in [0.2, 0.25) is 0 Å². The van der Waals surface area contributed by atoms with E-state index in [2.05, 4.69) is 12.2 Å². The van der Waals surface area contributed by atoms with Crippen LogP contribution in [0.3, 0.4) is 0 Å². The minimum Gasteiger partial charge on any atom is -0.481 e. The Balaban J connectivity index is 3.90. The zero-order valence-corrected chi connectivity index (χ0v) is 11.9. The molecule has 6 nitrogen and oxygen atoms in total. The molecule has 3 N–H and O–H groups in total. The summed E-state index contributed by atoms with van der Waals surface area (Å²) in [7, 11) is 1.62. The number of urea groups is 1. The van der Waals surface area contributed by atoms with Gasteiger partial charge in [-0.3, -0.25) is 4.79 Å². The molecule has 0 radical (unpaired) electrons. The zero-order valence-electron chi connectivity index (χ0n) is 11.9. The zero-order chi connectivity index (χ0) is 14.7. The molecular weight excluding hydrogens is 248 g/mol. The van der Waals surface area contributed by atoms with Crippen LogP contribution in [-0.2, 0) is 4.79 Å². The molecule has 1 unspecified atom stereocenters. The Bertz CT molecular complexity index is 271. The first-order valence-corrected chi connectivity index (χ1v) is 6.82. The maximum atomic E-state index is 11.5. The maximum Gasteiger partial charge on any atom is 0.317 e. The van der Waals surface area contributed by atoms with E-state index in [1.807, 2.05) is 0 Å². The van der Waals surface area contributed by atoms with Crippen molar-refractivity contribution in [1.29, 1.82) is 0 Å². The predicted octanol–water partition coefficient (Wildman–Crippen LogP) is 1.29. The summed E-state index contributed by atoms with van der Waals surface area (Å²) in [6.45, 7) is 2.87. The van der Waals surface area contributed by atoms with E-state index in [4.69, 9.17) is 10.2 Å². The van der Waals surface area contributed by atoms with Crippen molar-refractivity contribution in [3.8, 4) is 0 Å². The predicted molar refractivity (Wildman–Crippen MR) is 73.0 cm³/mol. The lowest BCUT2D eigenvalue weighted by Gasteiger charge is -2.19. The number of amides is 2. The van der Waals surface area contributed by atoms with Gasteiger partial charge in [0.05, 0.1) is 6.61 Å². The van der Waals surface area contributed by atoms with E-state index < -0.39 is 5.97 Å². The SMILES string of the molecule is CCCC(CCNC(=O)N(C)CCO)CCC(=O)O. The number of carbonyl (C=O) groups is 2. The molecule has 0 aliphatic heterocycles. The number of aliphatic carboxylic acids is 1. The van der Waals surface area contributed by atoms with Crippen molar-refractivity contribution in [2.75, 3.05) is 26.7 Å². The molecule has 0 aliphatic carbocycles. The van der Waals surface area contributed by atoms with E-state index in [0.717, 1.165) is 19.3 Å². The summed E-state index contributed by atoms with van der Waals surface area (Å²) in [4.78, 5) is 23.5. The van der Waals surface area contributed by atoms with E-state index in [9.17, 15) is 9.59 Å². The molecule has 1 atom stereocenters. The fourth-order valence-electron chi connectivity index (χ4n) is 1.94. The standard InChI is InChI=1S/C13H26N2O4/c1-3-4-11(5-6-12(17)18)7-8-14-13(19)15(2)9-10-16/h11,16H,3-10H2,1-2H3,(H,14,19)(H,17,18). The molecule has 0 saturated carbocycles. The molecule has 6 heteroatoms. The smallest absolute Gasteiger partial charge is 0.317 e. The number of nitrogens with zero attached hydrogens (tertiary/aromatic N) is 1. The quantitative estimate of drug-likeness (QED) is 0.560. The van der Waals surface area contributed by atoms with Gasteiger partial charge in [0.25, 0.3) is 0 Å². The van der Waals surface area contributed by atoms with Crippen molar-refractivity contribution in [2.24, 2.45) is 5.92 Å². The molecule has 0 aliphatic rings. The lowest BCUT2D eigenvalue weighted by Crippen LogP contribution is -2.39. The summed E-state index contributed by atoms with van der Waals surface area (Å²) < 4.78 is 0. The van der Waals surface area contributed by atoms with Gasteiger partial charge in [0.15, 0.2) is 0 Å². The monoisotopic (exact) mass is 274 g/mol. The average Bonchev–Trinajstić information content (AvgIpc) is 2.35. The lowest BCUT2D eigenvalue weighted by atomic mass is 9.94. The molecule has 0 spiro atoms. The van der Waals surface area contributed by atoms with Crippen LogP contribution in [0.25, 0.3) is 0 Å². The summed E-state index contributed by atoms with van der Waals surface area (Å²) in [5.74, 6) is -0.433. The van der Waals surface area contributed by atoms with Gasteiger partial charge < -0.3 is 20.4 Å². The molecule has 112 valence electrons. The van der Waals surface area contributed by atoms with Crippen molar-refractivity contribution in [2.45, 2.75) is 39.0 Å². The minimum atomic E-state index is -0.771. The highest BCUT2D eigenvalue weighted by Gasteiger charge is 2.12. The van der Waals surface area contributed by atoms with Gasteiger partial charge in [-0.2, -0.15) is 0 Å². The first kappa shape index (κ1) is 17.7. The fraction of sp³-hybridized carbons (Fsp3) is 0.846. The van der Waals surface area contributed by atoms with Gasteiger partial charge in [-0.1, -0.05) is 19.8 Å². The Hall–Kier alpha value is -1.30. The van der Waals surface area contributed by atoms with Gasteiger partial charge in [-0.25, -0.2) is 4.79 Å². The summed E-state index contributed by atoms with van der Waals surface area (Å²) in [6.07, 6.45) is 3.63. The maximum absolute atomic E-state index is 11.5. The van der Waals surface area contributed by atoms with Crippen molar-refractivity contribution in [3.63, 3.8) is 0 Å². The first-order chi connectivity index (χ1) is 9.01. The molecule has 0 aromatic carbocycles. The number of hydrogen-bond donors (Lipinski definition) is 3. The van der Waals surface area contributed by atoms with E-state index in [-0.39, 0.29) is 19.1 Å². The number of likely N-dealkylation sites (N-methyl/N-ethyl adjacent to an activating group) is 1. The summed E-state index contributed by atoms with van der Waals surface area (Å²) in [5, 5.41) is 20.2. The summed E-state index contributed by atoms with van der Waals surface area (Å²) in [6, 6.07) is -0.206. The number of rotatable bonds is 10.